The highest BCUT2D eigenvalue weighted by molar-refractivity contribution is 7.47. The average Bonchev–Trinajstić information content (AvgIpc) is 3.39. The van der Waals surface area contributed by atoms with Gasteiger partial charge in [-0.05, 0) is 19.3 Å². The quantitative estimate of drug-likeness (QED) is 0.0243. The highest BCUT2D eigenvalue weighted by atomic mass is 31.2. The number of phosphoric ester groups is 1. The van der Waals surface area contributed by atoms with Crippen LogP contribution in [0.2, 0.25) is 0 Å². The van der Waals surface area contributed by atoms with Crippen molar-refractivity contribution in [1.29, 1.82) is 0 Å². The largest absolute Gasteiger partial charge is 0.472 e. The first kappa shape index (κ1) is 76.2. The Bertz CT molecular complexity index is 1260. The SMILES string of the molecule is CCCCCCCCCCCCCCCCCCCCCCCCC/C=C/C(O)C(COP(=O)(O)OCC[N+](C)(C)C)NC(=O)CCCCCCCCCCCCCCCCCCCCCCCCCCCCCCCC. The molecule has 3 N–H and O–H groups in total. The molecule has 0 aliphatic heterocycles. The van der Waals surface area contributed by atoms with E-state index >= 15 is 0 Å². The minimum absolute atomic E-state index is 0.0655. The number of aliphatic hydroxyl groups excluding tert-OH is 1. The Kier molecular flexibility index (Phi) is 59.3. The summed E-state index contributed by atoms with van der Waals surface area (Å²) in [6, 6.07) is -0.843. The van der Waals surface area contributed by atoms with Crippen molar-refractivity contribution >= 4 is 13.7 Å². The molecule has 0 rings (SSSR count). The minimum atomic E-state index is -4.35. The number of amides is 1. The number of rotatable bonds is 65. The van der Waals surface area contributed by atoms with Crippen LogP contribution in [-0.2, 0) is 18.4 Å². The van der Waals surface area contributed by atoms with Gasteiger partial charge in [0.05, 0.1) is 39.9 Å². The van der Waals surface area contributed by atoms with Crippen molar-refractivity contribution in [3.05, 3.63) is 12.2 Å². The Morgan fingerprint density at radius 2 is 0.688 bits per heavy atom. The van der Waals surface area contributed by atoms with E-state index in [1.807, 2.05) is 27.2 Å². The monoisotopic (exact) mass is 1110 g/mol. The topological polar surface area (TPSA) is 105 Å². The summed E-state index contributed by atoms with van der Waals surface area (Å²) in [5, 5.41) is 14.0. The molecule has 9 heteroatoms. The van der Waals surface area contributed by atoms with Gasteiger partial charge >= 0.3 is 7.82 Å². The highest BCUT2D eigenvalue weighted by Gasteiger charge is 2.28. The molecule has 0 aliphatic carbocycles. The number of quaternary nitrogens is 1. The van der Waals surface area contributed by atoms with Crippen LogP contribution in [0.3, 0.4) is 0 Å². The summed E-state index contributed by atoms with van der Waals surface area (Å²) in [4.78, 5) is 23.4. The lowest BCUT2D eigenvalue weighted by Gasteiger charge is -2.25. The van der Waals surface area contributed by atoms with Crippen molar-refractivity contribution in [3.8, 4) is 0 Å². The number of hydrogen-bond donors (Lipinski definition) is 3. The van der Waals surface area contributed by atoms with Crippen LogP contribution in [0, 0.1) is 0 Å². The lowest BCUT2D eigenvalue weighted by molar-refractivity contribution is -0.870. The predicted molar refractivity (Wildman–Crippen MR) is 337 cm³/mol. The first-order valence-electron chi connectivity index (χ1n) is 34.6. The van der Waals surface area contributed by atoms with Gasteiger partial charge in [0.1, 0.15) is 13.2 Å². The summed E-state index contributed by atoms with van der Waals surface area (Å²) in [7, 11) is 1.60. The molecule has 8 nitrogen and oxygen atoms in total. The summed E-state index contributed by atoms with van der Waals surface area (Å²) in [6.45, 7) is 4.89. The zero-order valence-corrected chi connectivity index (χ0v) is 53.6. The summed E-state index contributed by atoms with van der Waals surface area (Å²) in [6.07, 6.45) is 76.4. The molecule has 0 spiro atoms. The third kappa shape index (κ3) is 62.7. The number of nitrogens with zero attached hydrogens (tertiary/aromatic N) is 1. The smallest absolute Gasteiger partial charge is 0.387 e. The number of unbranched alkanes of at least 4 members (excludes halogenated alkanes) is 52. The molecule has 0 aromatic rings. The average molecular weight is 1110 g/mol. The maximum absolute atomic E-state index is 13.0. The van der Waals surface area contributed by atoms with Gasteiger partial charge in [-0.1, -0.05) is 353 Å². The van der Waals surface area contributed by atoms with E-state index in [9.17, 15) is 19.4 Å². The molecule has 0 heterocycles. The summed E-state index contributed by atoms with van der Waals surface area (Å²) >= 11 is 0. The second-order valence-electron chi connectivity index (χ2n) is 25.3. The van der Waals surface area contributed by atoms with Crippen LogP contribution in [-0.4, -0.2) is 73.4 Å². The van der Waals surface area contributed by atoms with Gasteiger partial charge in [-0.15, -0.1) is 0 Å². The molecule has 0 aromatic heterocycles. The van der Waals surface area contributed by atoms with Gasteiger partial charge in [0, 0.05) is 6.42 Å². The zero-order chi connectivity index (χ0) is 56.3. The van der Waals surface area contributed by atoms with E-state index in [1.54, 1.807) is 6.08 Å². The number of likely N-dealkylation sites (N-methyl/N-ethyl adjacent to an activating group) is 1. The van der Waals surface area contributed by atoms with Crippen molar-refractivity contribution in [2.45, 2.75) is 379 Å². The summed E-state index contributed by atoms with van der Waals surface area (Å²) < 4.78 is 23.8. The van der Waals surface area contributed by atoms with Gasteiger partial charge in [0.15, 0.2) is 0 Å². The zero-order valence-electron chi connectivity index (χ0n) is 52.7. The Morgan fingerprint density at radius 1 is 0.429 bits per heavy atom. The van der Waals surface area contributed by atoms with E-state index in [1.165, 1.54) is 315 Å². The van der Waals surface area contributed by atoms with Crippen LogP contribution in [0.25, 0.3) is 0 Å². The Hall–Kier alpha value is -0.760. The van der Waals surface area contributed by atoms with Crippen molar-refractivity contribution in [2.24, 2.45) is 0 Å². The first-order valence-corrected chi connectivity index (χ1v) is 36.1. The number of carbonyl (C=O) groups excluding carboxylic acids is 1. The molecule has 0 bridgehead atoms. The summed E-state index contributed by atoms with van der Waals surface area (Å²) in [5.74, 6) is -0.167. The molecular weight excluding hydrogens is 972 g/mol. The van der Waals surface area contributed by atoms with Gasteiger partial charge in [-0.3, -0.25) is 13.8 Å². The molecule has 1 amide bonds. The Balaban J connectivity index is 4.03. The van der Waals surface area contributed by atoms with Crippen molar-refractivity contribution in [2.75, 3.05) is 40.9 Å². The molecule has 0 saturated carbocycles. The second kappa shape index (κ2) is 59.8. The normalized spacial score (nSPS) is 13.7. The maximum atomic E-state index is 13.0. The number of phosphoric acid groups is 1. The van der Waals surface area contributed by atoms with Crippen LogP contribution in [0.1, 0.15) is 367 Å². The molecule has 77 heavy (non-hydrogen) atoms. The number of nitrogens with one attached hydrogen (secondary N) is 1. The van der Waals surface area contributed by atoms with E-state index in [-0.39, 0.29) is 19.1 Å². The highest BCUT2D eigenvalue weighted by Crippen LogP contribution is 2.43. The molecule has 0 fully saturated rings. The van der Waals surface area contributed by atoms with Crippen molar-refractivity contribution in [1.82, 2.24) is 5.32 Å². The van der Waals surface area contributed by atoms with Crippen LogP contribution >= 0.6 is 7.82 Å². The molecule has 0 aromatic carbocycles. The van der Waals surface area contributed by atoms with E-state index in [2.05, 4.69) is 19.2 Å². The minimum Gasteiger partial charge on any atom is -0.387 e. The number of allylic oxidation sites excluding steroid dienone is 1. The van der Waals surface area contributed by atoms with Crippen molar-refractivity contribution < 1.29 is 32.9 Å². The van der Waals surface area contributed by atoms with Gasteiger partial charge < -0.3 is 19.8 Å². The fraction of sp³-hybridized carbons (Fsp3) is 0.956. The maximum Gasteiger partial charge on any atom is 0.472 e. The number of aliphatic hydroxyl groups is 1. The Morgan fingerprint density at radius 3 is 0.961 bits per heavy atom. The molecule has 3 unspecified atom stereocenters. The third-order valence-electron chi connectivity index (χ3n) is 16.3. The van der Waals surface area contributed by atoms with E-state index < -0.39 is 20.0 Å². The molecule has 0 aliphatic rings. The standard InChI is InChI=1S/C68H137N2O6P/c1-6-8-10-12-14-16-18-20-22-24-26-28-30-32-33-34-35-36-38-40-42-44-46-48-50-52-54-56-58-60-62-68(72)69-66(65-76-77(73,74)75-64-63-70(3,4)5)67(71)61-59-57-55-53-51-49-47-45-43-41-39-37-31-29-27-25-23-21-19-17-15-13-11-9-7-2/h59,61,66-67,71H,6-58,60,62-65H2,1-5H3,(H-,69,72,73,74)/p+1/b61-59+. The van der Waals surface area contributed by atoms with Crippen molar-refractivity contribution in [3.63, 3.8) is 0 Å². The van der Waals surface area contributed by atoms with Gasteiger partial charge in [-0.2, -0.15) is 0 Å². The molecule has 460 valence electrons. The van der Waals surface area contributed by atoms with Gasteiger partial charge in [-0.25, -0.2) is 4.57 Å². The van der Waals surface area contributed by atoms with Crippen LogP contribution < -0.4 is 5.32 Å². The van der Waals surface area contributed by atoms with Crippen LogP contribution in [0.4, 0.5) is 0 Å². The van der Waals surface area contributed by atoms with E-state index in [4.69, 9.17) is 9.05 Å². The van der Waals surface area contributed by atoms with Gasteiger partial charge in [0.2, 0.25) is 5.91 Å². The molecule has 0 saturated heterocycles. The number of carbonyl (C=O) groups is 1. The molecule has 0 radical (unpaired) electrons. The summed E-state index contributed by atoms with van der Waals surface area (Å²) in [5.41, 5.74) is 0. The fourth-order valence-electron chi connectivity index (χ4n) is 10.9. The molecular formula is C68H138N2O6P+. The fourth-order valence-corrected chi connectivity index (χ4v) is 11.6. The molecule has 3 atom stereocenters. The van der Waals surface area contributed by atoms with Crippen LogP contribution in [0.15, 0.2) is 12.2 Å². The third-order valence-corrected chi connectivity index (χ3v) is 17.2. The first-order chi connectivity index (χ1) is 37.5. The van der Waals surface area contributed by atoms with E-state index in [0.717, 1.165) is 32.1 Å². The lowest BCUT2D eigenvalue weighted by Crippen LogP contribution is -2.45. The van der Waals surface area contributed by atoms with E-state index in [0.29, 0.717) is 17.4 Å². The van der Waals surface area contributed by atoms with Gasteiger partial charge in [0.25, 0.3) is 0 Å². The number of hydrogen-bond acceptors (Lipinski definition) is 5. The predicted octanol–water partition coefficient (Wildman–Crippen LogP) is 21.7. The lowest BCUT2D eigenvalue weighted by atomic mass is 10.0. The second-order valence-corrected chi connectivity index (χ2v) is 26.7. The van der Waals surface area contributed by atoms with Crippen LogP contribution in [0.5, 0.6) is 0 Å². The Labute approximate surface area is 482 Å².